The summed E-state index contributed by atoms with van der Waals surface area (Å²) in [5.41, 5.74) is 2.75. The molecule has 5 heteroatoms. The third-order valence-electron chi connectivity index (χ3n) is 5.13. The van der Waals surface area contributed by atoms with Crippen LogP contribution in [-0.2, 0) is 0 Å². The van der Waals surface area contributed by atoms with Gasteiger partial charge in [0, 0.05) is 28.9 Å². The molecule has 4 nitrogen and oxygen atoms in total. The first-order chi connectivity index (χ1) is 13.6. The summed E-state index contributed by atoms with van der Waals surface area (Å²) in [5, 5.41) is 4.07. The Morgan fingerprint density at radius 3 is 2.39 bits per heavy atom. The van der Waals surface area contributed by atoms with Crippen LogP contribution in [0, 0.1) is 0 Å². The fourth-order valence-electron chi connectivity index (χ4n) is 3.54. The summed E-state index contributed by atoms with van der Waals surface area (Å²) in [4.78, 5) is 14.9. The Labute approximate surface area is 172 Å². The number of nitrogens with one attached hydrogen (secondary N) is 1. The van der Waals surface area contributed by atoms with Crippen molar-refractivity contribution in [2.75, 3.05) is 26.7 Å². The molecule has 0 aliphatic carbocycles. The van der Waals surface area contributed by atoms with Gasteiger partial charge in [0.15, 0.2) is 5.78 Å². The van der Waals surface area contributed by atoms with Crippen molar-refractivity contribution < 1.29 is 9.53 Å². The van der Waals surface area contributed by atoms with Crippen LogP contribution in [0.2, 0.25) is 5.02 Å². The van der Waals surface area contributed by atoms with Crippen LogP contribution in [0.25, 0.3) is 0 Å². The molecule has 1 saturated heterocycles. The van der Waals surface area contributed by atoms with E-state index in [4.69, 9.17) is 16.3 Å². The highest BCUT2D eigenvalue weighted by molar-refractivity contribution is 6.30. The van der Waals surface area contributed by atoms with Crippen LogP contribution in [0.4, 0.5) is 0 Å². The fraction of sp³-hybridized carbons (Fsp3) is 0.348. The third kappa shape index (κ3) is 5.37. The molecule has 148 valence electrons. The van der Waals surface area contributed by atoms with Crippen molar-refractivity contribution in [1.82, 2.24) is 10.2 Å². The molecule has 3 rings (SSSR count). The molecule has 0 spiro atoms. The lowest BCUT2D eigenvalue weighted by molar-refractivity contribution is 0.104. The second-order valence-electron chi connectivity index (χ2n) is 7.11. The summed E-state index contributed by atoms with van der Waals surface area (Å²) in [5.74, 6) is 0.838. The van der Waals surface area contributed by atoms with Crippen molar-refractivity contribution in [3.63, 3.8) is 0 Å². The molecule has 1 heterocycles. The van der Waals surface area contributed by atoms with E-state index in [-0.39, 0.29) is 11.8 Å². The number of halogens is 1. The van der Waals surface area contributed by atoms with Crippen molar-refractivity contribution in [2.24, 2.45) is 0 Å². The minimum absolute atomic E-state index is 0.0242. The number of rotatable bonds is 8. The molecule has 1 atom stereocenters. The number of carbonyl (C=O) groups is 1. The first-order valence-corrected chi connectivity index (χ1v) is 10.0. The molecule has 1 unspecified atom stereocenters. The summed E-state index contributed by atoms with van der Waals surface area (Å²) < 4.78 is 5.28. The number of methoxy groups -OCH3 is 1. The number of allylic oxidation sites excluding steroid dienone is 2. The van der Waals surface area contributed by atoms with Crippen LogP contribution >= 0.6 is 11.6 Å². The lowest BCUT2D eigenvalue weighted by atomic mass is 10.0. The summed E-state index contributed by atoms with van der Waals surface area (Å²) in [6.45, 7) is 4.89. The van der Waals surface area contributed by atoms with Crippen molar-refractivity contribution in [3.05, 3.63) is 76.5 Å². The quantitative estimate of drug-likeness (QED) is 0.509. The zero-order valence-corrected chi connectivity index (χ0v) is 17.2. The SMILES string of the molecule is COc1ccc(C(CN/C(C)=C\C(=O)c2ccc(Cl)cc2)N2CCCC2)cc1. The van der Waals surface area contributed by atoms with Gasteiger partial charge in [0.1, 0.15) is 5.75 Å². The Balaban J connectivity index is 1.68. The maximum absolute atomic E-state index is 12.4. The van der Waals surface area contributed by atoms with E-state index in [0.717, 1.165) is 31.1 Å². The molecule has 1 fully saturated rings. The second-order valence-corrected chi connectivity index (χ2v) is 7.55. The van der Waals surface area contributed by atoms with E-state index in [1.54, 1.807) is 37.5 Å². The van der Waals surface area contributed by atoms with E-state index in [1.165, 1.54) is 18.4 Å². The average molecular weight is 399 g/mol. The third-order valence-corrected chi connectivity index (χ3v) is 5.38. The lowest BCUT2D eigenvalue weighted by Crippen LogP contribution is -2.33. The van der Waals surface area contributed by atoms with Gasteiger partial charge in [-0.25, -0.2) is 0 Å². The summed E-state index contributed by atoms with van der Waals surface area (Å²) in [7, 11) is 1.68. The van der Waals surface area contributed by atoms with Gasteiger partial charge >= 0.3 is 0 Å². The molecular formula is C23H27ClN2O2. The summed E-state index contributed by atoms with van der Waals surface area (Å²) in [6.07, 6.45) is 4.12. The van der Waals surface area contributed by atoms with E-state index in [2.05, 4.69) is 22.3 Å². The van der Waals surface area contributed by atoms with Crippen molar-refractivity contribution in [1.29, 1.82) is 0 Å². The van der Waals surface area contributed by atoms with Gasteiger partial charge in [0.05, 0.1) is 13.2 Å². The van der Waals surface area contributed by atoms with Gasteiger partial charge in [-0.3, -0.25) is 9.69 Å². The van der Waals surface area contributed by atoms with E-state index in [9.17, 15) is 4.79 Å². The minimum Gasteiger partial charge on any atom is -0.497 e. The molecule has 1 aliphatic heterocycles. The number of ether oxygens (including phenoxy) is 1. The molecule has 0 bridgehead atoms. The predicted octanol–water partition coefficient (Wildman–Crippen LogP) is 4.86. The van der Waals surface area contributed by atoms with Crippen molar-refractivity contribution in [3.8, 4) is 5.75 Å². The van der Waals surface area contributed by atoms with Gasteiger partial charge in [0.2, 0.25) is 0 Å². The standard InChI is InChI=1S/C23H27ClN2O2/c1-17(15-23(27)19-5-9-20(24)10-6-19)25-16-22(26-13-3-4-14-26)18-7-11-21(28-2)12-8-18/h5-12,15,22,25H,3-4,13-14,16H2,1-2H3/b17-15-. The highest BCUT2D eigenvalue weighted by Gasteiger charge is 2.23. The number of ketones is 1. The first kappa shape index (κ1) is 20.4. The van der Waals surface area contributed by atoms with Gasteiger partial charge in [0.25, 0.3) is 0 Å². The van der Waals surface area contributed by atoms with Crippen LogP contribution in [0.15, 0.2) is 60.3 Å². The predicted molar refractivity (Wildman–Crippen MR) is 114 cm³/mol. The van der Waals surface area contributed by atoms with Crippen LogP contribution in [-0.4, -0.2) is 37.4 Å². The average Bonchev–Trinajstić information content (AvgIpc) is 3.23. The van der Waals surface area contributed by atoms with E-state index in [0.29, 0.717) is 10.6 Å². The highest BCUT2D eigenvalue weighted by atomic mass is 35.5. The van der Waals surface area contributed by atoms with Crippen LogP contribution in [0.3, 0.4) is 0 Å². The number of carbonyl (C=O) groups excluding carboxylic acids is 1. The number of nitrogens with zero attached hydrogens (tertiary/aromatic N) is 1. The molecule has 2 aromatic carbocycles. The molecular weight excluding hydrogens is 372 g/mol. The number of hydrogen-bond acceptors (Lipinski definition) is 4. The molecule has 0 saturated carbocycles. The van der Waals surface area contributed by atoms with E-state index in [1.807, 2.05) is 19.1 Å². The van der Waals surface area contributed by atoms with Gasteiger partial charge in [-0.15, -0.1) is 0 Å². The van der Waals surface area contributed by atoms with Gasteiger partial charge < -0.3 is 10.1 Å². The summed E-state index contributed by atoms with van der Waals surface area (Å²) >= 11 is 5.89. The minimum atomic E-state index is -0.0242. The van der Waals surface area contributed by atoms with Gasteiger partial charge in [-0.05, 0) is 74.8 Å². The second kappa shape index (κ2) is 9.76. The van der Waals surface area contributed by atoms with Crippen molar-refractivity contribution in [2.45, 2.75) is 25.8 Å². The zero-order chi connectivity index (χ0) is 19.9. The largest absolute Gasteiger partial charge is 0.497 e. The lowest BCUT2D eigenvalue weighted by Gasteiger charge is -2.29. The van der Waals surface area contributed by atoms with Gasteiger partial charge in [-0.1, -0.05) is 23.7 Å². The normalized spacial score (nSPS) is 16.0. The molecule has 0 amide bonds. The first-order valence-electron chi connectivity index (χ1n) is 9.67. The number of benzene rings is 2. The highest BCUT2D eigenvalue weighted by Crippen LogP contribution is 2.26. The Kier molecular flexibility index (Phi) is 7.12. The maximum atomic E-state index is 12.4. The van der Waals surface area contributed by atoms with Crippen LogP contribution < -0.4 is 10.1 Å². The number of hydrogen-bond donors (Lipinski definition) is 1. The van der Waals surface area contributed by atoms with Gasteiger partial charge in [-0.2, -0.15) is 0 Å². The molecule has 1 aliphatic rings. The van der Waals surface area contributed by atoms with Crippen molar-refractivity contribution >= 4 is 17.4 Å². The summed E-state index contributed by atoms with van der Waals surface area (Å²) in [6, 6.07) is 15.5. The van der Waals surface area contributed by atoms with E-state index < -0.39 is 0 Å². The van der Waals surface area contributed by atoms with E-state index >= 15 is 0 Å². The zero-order valence-electron chi connectivity index (χ0n) is 16.5. The molecule has 28 heavy (non-hydrogen) atoms. The Morgan fingerprint density at radius 1 is 1.14 bits per heavy atom. The smallest absolute Gasteiger partial charge is 0.187 e. The molecule has 1 N–H and O–H groups in total. The Morgan fingerprint density at radius 2 is 1.79 bits per heavy atom. The van der Waals surface area contributed by atoms with Crippen LogP contribution in [0.5, 0.6) is 5.75 Å². The molecule has 0 aromatic heterocycles. The number of likely N-dealkylation sites (tertiary alicyclic amines) is 1. The fourth-order valence-corrected chi connectivity index (χ4v) is 3.67. The monoisotopic (exact) mass is 398 g/mol. The Hall–Kier alpha value is -2.30. The Bertz CT molecular complexity index is 810. The molecule has 2 aromatic rings. The van der Waals surface area contributed by atoms with Crippen LogP contribution in [0.1, 0.15) is 41.7 Å². The maximum Gasteiger partial charge on any atom is 0.187 e. The molecule has 0 radical (unpaired) electrons. The topological polar surface area (TPSA) is 41.6 Å².